The summed E-state index contributed by atoms with van der Waals surface area (Å²) < 4.78 is 9.91. The van der Waals surface area contributed by atoms with Gasteiger partial charge in [-0.3, -0.25) is 9.59 Å². The van der Waals surface area contributed by atoms with Crippen LogP contribution in [0, 0.1) is 6.92 Å². The molecule has 0 saturated heterocycles. The van der Waals surface area contributed by atoms with Crippen LogP contribution in [-0.4, -0.2) is 18.9 Å². The average Bonchev–Trinajstić information content (AvgIpc) is 2.60. The first-order valence-corrected chi connectivity index (χ1v) is 4.31. The van der Waals surface area contributed by atoms with E-state index in [-0.39, 0.29) is 6.61 Å². The number of hydrogen-bond acceptors (Lipinski definition) is 4. The predicted molar refractivity (Wildman–Crippen MR) is 48.9 cm³/mol. The van der Waals surface area contributed by atoms with Gasteiger partial charge in [-0.25, -0.2) is 0 Å². The lowest BCUT2D eigenvalue weighted by Gasteiger charge is -2.06. The lowest BCUT2D eigenvalue weighted by molar-refractivity contribution is -0.147. The summed E-state index contributed by atoms with van der Waals surface area (Å²) in [6, 6.07) is 3.50. The highest BCUT2D eigenvalue weighted by Gasteiger charge is 2.19. The van der Waals surface area contributed by atoms with Gasteiger partial charge in [0.15, 0.2) is 6.29 Å². The molecule has 0 aliphatic carbocycles. The first-order valence-electron chi connectivity index (χ1n) is 4.31. The lowest BCUT2D eigenvalue weighted by Crippen LogP contribution is -2.13. The minimum absolute atomic E-state index is 0.205. The number of furan rings is 1. The number of hydrogen-bond donors (Lipinski definition) is 0. The Morgan fingerprint density at radius 2 is 2.36 bits per heavy atom. The van der Waals surface area contributed by atoms with Gasteiger partial charge in [0.1, 0.15) is 24.0 Å². The fourth-order valence-corrected chi connectivity index (χ4v) is 1.04. The molecule has 0 aliphatic heterocycles. The van der Waals surface area contributed by atoms with Crippen LogP contribution in [0.2, 0.25) is 0 Å². The smallest absolute Gasteiger partial charge is 0.316 e. The lowest BCUT2D eigenvalue weighted by atomic mass is 10.1. The van der Waals surface area contributed by atoms with Gasteiger partial charge in [-0.05, 0) is 26.0 Å². The minimum atomic E-state index is -0.469. The summed E-state index contributed by atoms with van der Waals surface area (Å²) in [7, 11) is 0. The maximum Gasteiger partial charge on any atom is 0.316 e. The Kier molecular flexibility index (Phi) is 3.45. The third kappa shape index (κ3) is 2.45. The van der Waals surface area contributed by atoms with E-state index < -0.39 is 11.9 Å². The zero-order valence-corrected chi connectivity index (χ0v) is 8.15. The van der Waals surface area contributed by atoms with Crippen molar-refractivity contribution in [2.75, 3.05) is 6.61 Å². The Labute approximate surface area is 81.9 Å². The van der Waals surface area contributed by atoms with Crippen molar-refractivity contribution in [1.82, 2.24) is 0 Å². The number of esters is 1. The van der Waals surface area contributed by atoms with Crippen molar-refractivity contribution in [1.29, 1.82) is 0 Å². The molecule has 0 amide bonds. The van der Waals surface area contributed by atoms with Crippen LogP contribution < -0.4 is 0 Å². The van der Waals surface area contributed by atoms with E-state index in [0.29, 0.717) is 12.0 Å². The van der Waals surface area contributed by atoms with E-state index >= 15 is 0 Å². The second-order valence-corrected chi connectivity index (χ2v) is 2.97. The normalized spacial score (nSPS) is 12.1. The van der Waals surface area contributed by atoms with Gasteiger partial charge >= 0.3 is 5.97 Å². The van der Waals surface area contributed by atoms with Crippen molar-refractivity contribution in [3.8, 4) is 0 Å². The molecule has 0 spiro atoms. The Balaban J connectivity index is 2.60. The van der Waals surface area contributed by atoms with Crippen molar-refractivity contribution >= 4 is 12.3 Å². The topological polar surface area (TPSA) is 56.5 Å². The average molecular weight is 196 g/mol. The number of aldehydes is 1. The number of ether oxygens (including phenoxy) is 1. The highest BCUT2D eigenvalue weighted by atomic mass is 16.5. The van der Waals surface area contributed by atoms with E-state index in [1.54, 1.807) is 26.0 Å². The maximum atomic E-state index is 11.3. The summed E-state index contributed by atoms with van der Waals surface area (Å²) in [5.74, 6) is 0.378. The molecule has 4 heteroatoms. The van der Waals surface area contributed by atoms with Crippen molar-refractivity contribution in [3.63, 3.8) is 0 Å². The van der Waals surface area contributed by atoms with E-state index in [1.807, 2.05) is 0 Å². The molecule has 0 aromatic carbocycles. The SMILES string of the molecule is Cc1ccc(C(C)C(=O)OCC=O)o1. The maximum absolute atomic E-state index is 11.3. The molecule has 0 saturated carbocycles. The quantitative estimate of drug-likeness (QED) is 0.540. The summed E-state index contributed by atoms with van der Waals surface area (Å²) in [6.07, 6.45) is 0.540. The molecule has 1 aromatic heterocycles. The first kappa shape index (κ1) is 10.5. The zero-order valence-electron chi connectivity index (χ0n) is 8.15. The first-order chi connectivity index (χ1) is 6.65. The number of aryl methyl sites for hydroxylation is 1. The standard InChI is InChI=1S/C10H12O4/c1-7-3-4-9(14-7)8(2)10(12)13-6-5-11/h3-5,8H,6H2,1-2H3. The van der Waals surface area contributed by atoms with Gasteiger partial charge in [-0.1, -0.05) is 0 Å². The van der Waals surface area contributed by atoms with Crippen LogP contribution in [0.3, 0.4) is 0 Å². The molecule has 76 valence electrons. The highest BCUT2D eigenvalue weighted by molar-refractivity contribution is 5.78. The van der Waals surface area contributed by atoms with Crippen molar-refractivity contribution < 1.29 is 18.7 Å². The third-order valence-corrected chi connectivity index (χ3v) is 1.84. The molecule has 0 radical (unpaired) electrons. The van der Waals surface area contributed by atoms with Crippen LogP contribution in [0.4, 0.5) is 0 Å². The van der Waals surface area contributed by atoms with Crippen LogP contribution in [0.25, 0.3) is 0 Å². The number of carbonyl (C=O) groups is 2. The van der Waals surface area contributed by atoms with E-state index in [9.17, 15) is 9.59 Å². The summed E-state index contributed by atoms with van der Waals surface area (Å²) in [6.45, 7) is 3.27. The molecule has 0 N–H and O–H groups in total. The molecule has 4 nitrogen and oxygen atoms in total. The fraction of sp³-hybridized carbons (Fsp3) is 0.400. The Hall–Kier alpha value is -1.58. The molecule has 0 bridgehead atoms. The summed E-state index contributed by atoms with van der Waals surface area (Å²) >= 11 is 0. The van der Waals surface area contributed by atoms with E-state index in [4.69, 9.17) is 4.42 Å². The van der Waals surface area contributed by atoms with Gasteiger partial charge in [0.25, 0.3) is 0 Å². The van der Waals surface area contributed by atoms with Crippen LogP contribution in [0.15, 0.2) is 16.5 Å². The van der Waals surface area contributed by atoms with Crippen molar-refractivity contribution in [2.24, 2.45) is 0 Å². The summed E-state index contributed by atoms with van der Waals surface area (Å²) in [5, 5.41) is 0. The number of rotatable bonds is 4. The molecule has 1 heterocycles. The van der Waals surface area contributed by atoms with Crippen molar-refractivity contribution in [3.05, 3.63) is 23.7 Å². The van der Waals surface area contributed by atoms with E-state index in [0.717, 1.165) is 5.76 Å². The second-order valence-electron chi connectivity index (χ2n) is 2.97. The molecule has 0 aliphatic rings. The summed E-state index contributed by atoms with van der Waals surface area (Å²) in [5.41, 5.74) is 0. The monoisotopic (exact) mass is 196 g/mol. The molecule has 14 heavy (non-hydrogen) atoms. The molecule has 0 fully saturated rings. The molecule has 1 atom stereocenters. The van der Waals surface area contributed by atoms with Gasteiger partial charge in [0, 0.05) is 0 Å². The Bertz CT molecular complexity index is 327. The largest absolute Gasteiger partial charge is 0.465 e. The van der Waals surface area contributed by atoms with Crippen molar-refractivity contribution in [2.45, 2.75) is 19.8 Å². The van der Waals surface area contributed by atoms with E-state index in [2.05, 4.69) is 4.74 Å². The second kappa shape index (κ2) is 4.60. The van der Waals surface area contributed by atoms with Gasteiger partial charge in [0.2, 0.25) is 0 Å². The van der Waals surface area contributed by atoms with Gasteiger partial charge < -0.3 is 9.15 Å². The predicted octanol–water partition coefficient (Wildman–Crippen LogP) is 1.43. The Morgan fingerprint density at radius 3 is 2.86 bits per heavy atom. The van der Waals surface area contributed by atoms with E-state index in [1.165, 1.54) is 0 Å². The minimum Gasteiger partial charge on any atom is -0.465 e. The van der Waals surface area contributed by atoms with Crippen LogP contribution >= 0.6 is 0 Å². The Morgan fingerprint density at radius 1 is 1.64 bits per heavy atom. The van der Waals surface area contributed by atoms with Gasteiger partial charge in [0.05, 0.1) is 0 Å². The molecule has 1 rings (SSSR count). The molecular formula is C10H12O4. The molecular weight excluding hydrogens is 184 g/mol. The highest BCUT2D eigenvalue weighted by Crippen LogP contribution is 2.19. The fourth-order valence-electron chi connectivity index (χ4n) is 1.04. The van der Waals surface area contributed by atoms with Crippen LogP contribution in [-0.2, 0) is 14.3 Å². The number of carbonyl (C=O) groups excluding carboxylic acids is 2. The van der Waals surface area contributed by atoms with Gasteiger partial charge in [-0.2, -0.15) is 0 Å². The molecule has 1 unspecified atom stereocenters. The summed E-state index contributed by atoms with van der Waals surface area (Å²) in [4.78, 5) is 21.2. The van der Waals surface area contributed by atoms with Crippen LogP contribution in [0.5, 0.6) is 0 Å². The third-order valence-electron chi connectivity index (χ3n) is 1.84. The van der Waals surface area contributed by atoms with Crippen LogP contribution in [0.1, 0.15) is 24.4 Å². The zero-order chi connectivity index (χ0) is 10.6. The molecule has 1 aromatic rings. The van der Waals surface area contributed by atoms with Gasteiger partial charge in [-0.15, -0.1) is 0 Å².